The number of benzene rings is 1. The first-order chi connectivity index (χ1) is 14.5. The highest BCUT2D eigenvalue weighted by Crippen LogP contribution is 2.32. The molecule has 3 heterocycles. The van der Waals surface area contributed by atoms with Crippen molar-refractivity contribution in [2.24, 2.45) is 7.05 Å². The lowest BCUT2D eigenvalue weighted by Crippen LogP contribution is -2.44. The van der Waals surface area contributed by atoms with Gasteiger partial charge < -0.3 is 4.90 Å². The number of carbonyl (C=O) groups excluding carboxylic acids is 1. The number of hydrogen-bond acceptors (Lipinski definition) is 5. The van der Waals surface area contributed by atoms with Gasteiger partial charge in [-0.05, 0) is 43.4 Å². The average Bonchev–Trinajstić information content (AvgIpc) is 3.19. The van der Waals surface area contributed by atoms with Gasteiger partial charge in [-0.2, -0.15) is 0 Å². The van der Waals surface area contributed by atoms with Crippen LogP contribution in [0.1, 0.15) is 32.6 Å². The van der Waals surface area contributed by atoms with Gasteiger partial charge in [0, 0.05) is 30.6 Å². The standard InChI is InChI=1S/C22H24FN3O2S2/c1-3-16-6-4-5-11-26(16)18(27)13-30-22-24-20-19(21(28)25(22)2)17(12-29-20)14-7-9-15(23)10-8-14/h7-10,12,16H,3-6,11,13H2,1-2H3. The summed E-state index contributed by atoms with van der Waals surface area (Å²) in [5.41, 5.74) is 1.39. The summed E-state index contributed by atoms with van der Waals surface area (Å²) in [6.07, 6.45) is 4.27. The van der Waals surface area contributed by atoms with Crippen LogP contribution in [-0.4, -0.2) is 38.7 Å². The van der Waals surface area contributed by atoms with Gasteiger partial charge in [0.1, 0.15) is 10.6 Å². The maximum atomic E-state index is 13.3. The van der Waals surface area contributed by atoms with Gasteiger partial charge in [-0.3, -0.25) is 14.2 Å². The van der Waals surface area contributed by atoms with Gasteiger partial charge in [0.05, 0.1) is 11.1 Å². The van der Waals surface area contributed by atoms with E-state index in [-0.39, 0.29) is 23.0 Å². The molecule has 1 aliphatic rings. The van der Waals surface area contributed by atoms with E-state index in [9.17, 15) is 14.0 Å². The van der Waals surface area contributed by atoms with Crippen LogP contribution in [0.25, 0.3) is 21.3 Å². The number of aromatic nitrogens is 2. The van der Waals surface area contributed by atoms with Crippen molar-refractivity contribution in [3.05, 3.63) is 45.8 Å². The van der Waals surface area contributed by atoms with Crippen molar-refractivity contribution in [1.29, 1.82) is 0 Å². The molecule has 3 aromatic rings. The fourth-order valence-corrected chi connectivity index (χ4v) is 5.83. The number of piperidine rings is 1. The molecule has 30 heavy (non-hydrogen) atoms. The quantitative estimate of drug-likeness (QED) is 0.423. The van der Waals surface area contributed by atoms with Gasteiger partial charge in [0.15, 0.2) is 5.16 Å². The van der Waals surface area contributed by atoms with E-state index in [2.05, 4.69) is 11.9 Å². The van der Waals surface area contributed by atoms with E-state index < -0.39 is 0 Å². The van der Waals surface area contributed by atoms with Crippen molar-refractivity contribution < 1.29 is 9.18 Å². The number of halogens is 1. The van der Waals surface area contributed by atoms with Crippen LogP contribution in [0.2, 0.25) is 0 Å². The summed E-state index contributed by atoms with van der Waals surface area (Å²) in [6, 6.07) is 6.43. The fraction of sp³-hybridized carbons (Fsp3) is 0.409. The second-order valence-electron chi connectivity index (χ2n) is 7.53. The van der Waals surface area contributed by atoms with E-state index in [1.807, 2.05) is 10.3 Å². The maximum Gasteiger partial charge on any atom is 0.263 e. The number of amides is 1. The highest BCUT2D eigenvalue weighted by molar-refractivity contribution is 7.99. The Morgan fingerprint density at radius 3 is 2.80 bits per heavy atom. The van der Waals surface area contributed by atoms with Crippen LogP contribution in [0.15, 0.2) is 39.6 Å². The molecule has 1 amide bonds. The predicted octanol–water partition coefficient (Wildman–Crippen LogP) is 4.68. The normalized spacial score (nSPS) is 16.9. The minimum Gasteiger partial charge on any atom is -0.339 e. The number of thioether (sulfide) groups is 1. The monoisotopic (exact) mass is 445 g/mol. The van der Waals surface area contributed by atoms with Gasteiger partial charge in [-0.25, -0.2) is 9.37 Å². The first kappa shape index (κ1) is 21.1. The SMILES string of the molecule is CCC1CCCCN1C(=O)CSc1nc2scc(-c3ccc(F)cc3)c2c(=O)n1C. The molecule has 2 aromatic heterocycles. The van der Waals surface area contributed by atoms with Crippen molar-refractivity contribution in [3.8, 4) is 11.1 Å². The van der Waals surface area contributed by atoms with E-state index in [1.165, 1.54) is 46.2 Å². The molecule has 1 aliphatic heterocycles. The lowest BCUT2D eigenvalue weighted by atomic mass is 10.0. The van der Waals surface area contributed by atoms with Crippen LogP contribution in [0.5, 0.6) is 0 Å². The summed E-state index contributed by atoms with van der Waals surface area (Å²) < 4.78 is 14.8. The second-order valence-corrected chi connectivity index (χ2v) is 9.33. The van der Waals surface area contributed by atoms with Gasteiger partial charge in [-0.15, -0.1) is 11.3 Å². The third-order valence-electron chi connectivity index (χ3n) is 5.67. The van der Waals surface area contributed by atoms with Crippen molar-refractivity contribution >= 4 is 39.2 Å². The molecule has 158 valence electrons. The minimum atomic E-state index is -0.313. The highest BCUT2D eigenvalue weighted by Gasteiger charge is 2.25. The molecule has 0 spiro atoms. The Kier molecular flexibility index (Phi) is 6.24. The molecular formula is C22H24FN3O2S2. The van der Waals surface area contributed by atoms with E-state index >= 15 is 0 Å². The lowest BCUT2D eigenvalue weighted by Gasteiger charge is -2.35. The zero-order valence-electron chi connectivity index (χ0n) is 17.1. The molecule has 0 saturated carbocycles. The Morgan fingerprint density at radius 1 is 1.30 bits per heavy atom. The number of fused-ring (bicyclic) bond motifs is 1. The van der Waals surface area contributed by atoms with Gasteiger partial charge in [0.2, 0.25) is 5.91 Å². The molecule has 1 saturated heterocycles. The number of thiophene rings is 1. The van der Waals surface area contributed by atoms with E-state index in [0.29, 0.717) is 21.4 Å². The third kappa shape index (κ3) is 4.03. The Bertz CT molecular complexity index is 1120. The van der Waals surface area contributed by atoms with Crippen LogP contribution >= 0.6 is 23.1 Å². The number of nitrogens with zero attached hydrogens (tertiary/aromatic N) is 3. The maximum absolute atomic E-state index is 13.3. The fourth-order valence-electron chi connectivity index (χ4n) is 3.99. The molecule has 0 bridgehead atoms. The Balaban J connectivity index is 1.59. The van der Waals surface area contributed by atoms with Crippen molar-refractivity contribution in [1.82, 2.24) is 14.5 Å². The average molecular weight is 446 g/mol. The molecule has 0 aliphatic carbocycles. The van der Waals surface area contributed by atoms with E-state index in [1.54, 1.807) is 19.2 Å². The van der Waals surface area contributed by atoms with E-state index in [4.69, 9.17) is 0 Å². The molecule has 1 fully saturated rings. The largest absolute Gasteiger partial charge is 0.339 e. The Hall–Kier alpha value is -2.19. The summed E-state index contributed by atoms with van der Waals surface area (Å²) in [7, 11) is 1.68. The first-order valence-electron chi connectivity index (χ1n) is 10.2. The lowest BCUT2D eigenvalue weighted by molar-refractivity contribution is -0.132. The molecule has 0 radical (unpaired) electrons. The zero-order chi connectivity index (χ0) is 21.3. The summed E-state index contributed by atoms with van der Waals surface area (Å²) in [5.74, 6) is 0.0733. The number of likely N-dealkylation sites (tertiary alicyclic amines) is 1. The molecule has 1 aromatic carbocycles. The predicted molar refractivity (Wildman–Crippen MR) is 121 cm³/mol. The molecule has 4 rings (SSSR count). The zero-order valence-corrected chi connectivity index (χ0v) is 18.7. The van der Waals surface area contributed by atoms with Crippen LogP contribution < -0.4 is 5.56 Å². The third-order valence-corrected chi connectivity index (χ3v) is 7.56. The van der Waals surface area contributed by atoms with Crippen LogP contribution in [-0.2, 0) is 11.8 Å². The topological polar surface area (TPSA) is 55.2 Å². The van der Waals surface area contributed by atoms with Gasteiger partial charge in [0.25, 0.3) is 5.56 Å². The van der Waals surface area contributed by atoms with Crippen molar-refractivity contribution in [2.45, 2.75) is 43.8 Å². The minimum absolute atomic E-state index is 0.110. The molecule has 0 N–H and O–H groups in total. The molecule has 1 unspecified atom stereocenters. The molecule has 1 atom stereocenters. The summed E-state index contributed by atoms with van der Waals surface area (Å²) in [6.45, 7) is 2.94. The number of carbonyl (C=O) groups is 1. The van der Waals surface area contributed by atoms with Crippen molar-refractivity contribution in [3.63, 3.8) is 0 Å². The van der Waals surface area contributed by atoms with E-state index in [0.717, 1.165) is 36.9 Å². The summed E-state index contributed by atoms with van der Waals surface area (Å²) in [4.78, 5) is 33.1. The number of hydrogen-bond donors (Lipinski definition) is 0. The molecule has 8 heteroatoms. The van der Waals surface area contributed by atoms with Crippen LogP contribution in [0, 0.1) is 5.82 Å². The van der Waals surface area contributed by atoms with Crippen LogP contribution in [0.3, 0.4) is 0 Å². The highest BCUT2D eigenvalue weighted by atomic mass is 32.2. The number of rotatable bonds is 5. The van der Waals surface area contributed by atoms with Gasteiger partial charge in [-0.1, -0.05) is 30.8 Å². The second kappa shape index (κ2) is 8.89. The summed E-state index contributed by atoms with van der Waals surface area (Å²) in [5, 5.41) is 2.95. The molecule has 5 nitrogen and oxygen atoms in total. The van der Waals surface area contributed by atoms with Gasteiger partial charge >= 0.3 is 0 Å². The van der Waals surface area contributed by atoms with Crippen molar-refractivity contribution in [2.75, 3.05) is 12.3 Å². The smallest absolute Gasteiger partial charge is 0.263 e. The first-order valence-corrected chi connectivity index (χ1v) is 12.0. The van der Waals surface area contributed by atoms with Crippen LogP contribution in [0.4, 0.5) is 4.39 Å². The Labute approximate surface area is 182 Å². The Morgan fingerprint density at radius 2 is 2.07 bits per heavy atom. The molecular weight excluding hydrogens is 421 g/mol. The summed E-state index contributed by atoms with van der Waals surface area (Å²) >= 11 is 2.70.